The van der Waals surface area contributed by atoms with Gasteiger partial charge in [-0.3, -0.25) is 9.59 Å². The largest absolute Gasteiger partial charge is 0.480 e. The molecule has 0 fully saturated rings. The Bertz CT molecular complexity index is 268. The first-order valence-corrected chi connectivity index (χ1v) is 7.64. The Labute approximate surface area is 120 Å². The lowest BCUT2D eigenvalue weighted by Crippen LogP contribution is -2.43. The smallest absolute Gasteiger partial charge is 0.319 e. The monoisotopic (exact) mass is 370 g/mol. The third-order valence-electron chi connectivity index (χ3n) is 2.85. The molecule has 0 aromatic rings. The van der Waals surface area contributed by atoms with Crippen LogP contribution in [0.1, 0.15) is 52.4 Å². The zero-order chi connectivity index (χ0) is 13.5. The predicted octanol–water partition coefficient (Wildman–Crippen LogP) is 3.92. The maximum absolute atomic E-state index is 11.6. The van der Waals surface area contributed by atoms with Gasteiger partial charge in [0.15, 0.2) is 0 Å². The molecule has 0 aliphatic heterocycles. The van der Waals surface area contributed by atoms with E-state index < -0.39 is 15.1 Å². The maximum atomic E-state index is 11.6. The molecule has 1 N–H and O–H groups in total. The molecule has 0 aromatic carbocycles. The van der Waals surface area contributed by atoms with Crippen molar-refractivity contribution in [2.45, 2.75) is 61.5 Å². The molecular formula is C12H20Br2O3. The Hall–Kier alpha value is 0.1000. The average molecular weight is 372 g/mol. The second-order valence-corrected chi connectivity index (χ2v) is 6.61. The van der Waals surface area contributed by atoms with Crippen LogP contribution in [0.2, 0.25) is 0 Å². The summed E-state index contributed by atoms with van der Waals surface area (Å²) >= 11 is 6.39. The van der Waals surface area contributed by atoms with E-state index in [1.54, 1.807) is 0 Å². The van der Waals surface area contributed by atoms with Crippen LogP contribution < -0.4 is 0 Å². The number of hydrogen-bond donors (Lipinski definition) is 1. The van der Waals surface area contributed by atoms with Crippen molar-refractivity contribution in [1.82, 2.24) is 0 Å². The van der Waals surface area contributed by atoms with Crippen LogP contribution in [-0.4, -0.2) is 26.0 Å². The van der Waals surface area contributed by atoms with Crippen LogP contribution in [-0.2, 0) is 9.59 Å². The number of unbranched alkanes of at least 4 members (excludes halogenated alkanes) is 4. The number of hydrogen-bond acceptors (Lipinski definition) is 2. The van der Waals surface area contributed by atoms with E-state index in [1.165, 1.54) is 19.8 Å². The first-order valence-electron chi connectivity index (χ1n) is 5.93. The summed E-state index contributed by atoms with van der Waals surface area (Å²) in [5.41, 5.74) is 0. The van der Waals surface area contributed by atoms with Gasteiger partial charge in [-0.2, -0.15) is 0 Å². The van der Waals surface area contributed by atoms with Gasteiger partial charge in [0.1, 0.15) is 14.9 Å². The minimum atomic E-state index is -1.01. The Morgan fingerprint density at radius 3 is 2.18 bits per heavy atom. The van der Waals surface area contributed by atoms with E-state index in [2.05, 4.69) is 38.8 Å². The molecule has 3 nitrogen and oxygen atoms in total. The van der Waals surface area contributed by atoms with Crippen molar-refractivity contribution < 1.29 is 14.7 Å². The second-order valence-electron chi connectivity index (χ2n) is 4.28. The van der Waals surface area contributed by atoms with Crippen LogP contribution in [0.5, 0.6) is 0 Å². The van der Waals surface area contributed by atoms with Gasteiger partial charge in [0.25, 0.3) is 0 Å². The van der Waals surface area contributed by atoms with E-state index in [9.17, 15) is 9.59 Å². The minimum Gasteiger partial charge on any atom is -0.480 e. The van der Waals surface area contributed by atoms with Crippen molar-refractivity contribution in [3.8, 4) is 0 Å². The Balaban J connectivity index is 4.33. The molecule has 0 saturated heterocycles. The molecule has 0 bridgehead atoms. The van der Waals surface area contributed by atoms with Crippen LogP contribution in [0.15, 0.2) is 0 Å². The van der Waals surface area contributed by atoms with Gasteiger partial charge in [0.2, 0.25) is 0 Å². The number of aliphatic carboxylic acids is 1. The molecule has 0 heterocycles. The van der Waals surface area contributed by atoms with Gasteiger partial charge in [-0.1, -0.05) is 70.9 Å². The Morgan fingerprint density at radius 2 is 1.76 bits per heavy atom. The van der Waals surface area contributed by atoms with Crippen molar-refractivity contribution in [2.75, 3.05) is 0 Å². The fourth-order valence-corrected chi connectivity index (χ4v) is 2.69. The number of carbonyl (C=O) groups is 2. The molecule has 2 unspecified atom stereocenters. The Morgan fingerprint density at radius 1 is 1.24 bits per heavy atom. The first-order chi connectivity index (χ1) is 7.86. The number of carboxylic acid groups (broad SMARTS) is 1. The van der Waals surface area contributed by atoms with Crippen molar-refractivity contribution in [2.24, 2.45) is 0 Å². The lowest BCUT2D eigenvalue weighted by atomic mass is 9.93. The van der Waals surface area contributed by atoms with E-state index in [0.717, 1.165) is 19.3 Å². The SMILES string of the molecule is CCCCCCCC(Br)(C(C)=O)C(Br)C(=O)O. The third-order valence-corrected chi connectivity index (χ3v) is 6.05. The summed E-state index contributed by atoms with van der Waals surface area (Å²) in [5, 5.41) is 8.98. The quantitative estimate of drug-likeness (QED) is 0.493. The molecule has 0 rings (SSSR count). The van der Waals surface area contributed by atoms with Crippen LogP contribution in [0.25, 0.3) is 0 Å². The molecule has 0 aliphatic rings. The molecule has 0 aliphatic carbocycles. The van der Waals surface area contributed by atoms with Crippen LogP contribution in [0.3, 0.4) is 0 Å². The summed E-state index contributed by atoms with van der Waals surface area (Å²) in [7, 11) is 0. The number of alkyl halides is 2. The number of carboxylic acids is 1. The zero-order valence-electron chi connectivity index (χ0n) is 10.3. The Kier molecular flexibility index (Phi) is 8.29. The topological polar surface area (TPSA) is 54.4 Å². The van der Waals surface area contributed by atoms with Crippen LogP contribution in [0, 0.1) is 0 Å². The number of ketones is 1. The van der Waals surface area contributed by atoms with Gasteiger partial charge < -0.3 is 5.11 Å². The first kappa shape index (κ1) is 17.1. The van der Waals surface area contributed by atoms with E-state index >= 15 is 0 Å². The number of halogens is 2. The summed E-state index contributed by atoms with van der Waals surface area (Å²) < 4.78 is -0.981. The normalized spacial score (nSPS) is 16.2. The highest BCUT2D eigenvalue weighted by Crippen LogP contribution is 2.35. The second kappa shape index (κ2) is 8.25. The van der Waals surface area contributed by atoms with E-state index in [0.29, 0.717) is 6.42 Å². The fraction of sp³-hybridized carbons (Fsp3) is 0.833. The predicted molar refractivity (Wildman–Crippen MR) is 76.1 cm³/mol. The molecule has 17 heavy (non-hydrogen) atoms. The van der Waals surface area contributed by atoms with E-state index in [4.69, 9.17) is 5.11 Å². The number of Topliss-reactive ketones (excluding diaryl/α,β-unsaturated/α-hetero) is 1. The molecular weight excluding hydrogens is 352 g/mol. The molecule has 100 valence electrons. The molecule has 0 saturated carbocycles. The molecule has 0 radical (unpaired) electrons. The molecule has 0 spiro atoms. The van der Waals surface area contributed by atoms with Gasteiger partial charge in [0.05, 0.1) is 0 Å². The maximum Gasteiger partial charge on any atom is 0.319 e. The summed E-state index contributed by atoms with van der Waals surface area (Å²) in [4.78, 5) is 21.7. The van der Waals surface area contributed by atoms with Crippen molar-refractivity contribution in [3.63, 3.8) is 0 Å². The van der Waals surface area contributed by atoms with E-state index in [1.807, 2.05) is 0 Å². The van der Waals surface area contributed by atoms with Crippen molar-refractivity contribution in [1.29, 1.82) is 0 Å². The van der Waals surface area contributed by atoms with Gasteiger partial charge in [-0.05, 0) is 13.3 Å². The average Bonchev–Trinajstić information content (AvgIpc) is 2.27. The van der Waals surface area contributed by atoms with Gasteiger partial charge >= 0.3 is 5.97 Å². The summed E-state index contributed by atoms with van der Waals surface area (Å²) in [6, 6.07) is 0. The minimum absolute atomic E-state index is 0.141. The molecule has 0 amide bonds. The van der Waals surface area contributed by atoms with Crippen LogP contribution in [0.4, 0.5) is 0 Å². The van der Waals surface area contributed by atoms with E-state index in [-0.39, 0.29) is 5.78 Å². The molecule has 2 atom stereocenters. The summed E-state index contributed by atoms with van der Waals surface area (Å²) in [5.74, 6) is -1.15. The van der Waals surface area contributed by atoms with Gasteiger partial charge in [-0.15, -0.1) is 0 Å². The highest BCUT2D eigenvalue weighted by Gasteiger charge is 2.43. The van der Waals surface area contributed by atoms with Crippen molar-refractivity contribution in [3.05, 3.63) is 0 Å². The molecule has 0 aromatic heterocycles. The third kappa shape index (κ3) is 5.51. The van der Waals surface area contributed by atoms with Gasteiger partial charge in [0, 0.05) is 0 Å². The highest BCUT2D eigenvalue weighted by molar-refractivity contribution is 9.13. The fourth-order valence-electron chi connectivity index (χ4n) is 1.66. The number of carbonyl (C=O) groups excluding carboxylic acids is 1. The summed E-state index contributed by atoms with van der Waals surface area (Å²) in [6.45, 7) is 3.57. The molecule has 5 heteroatoms. The van der Waals surface area contributed by atoms with Gasteiger partial charge in [-0.25, -0.2) is 0 Å². The standard InChI is InChI=1S/C12H20Br2O3/c1-3-4-5-6-7-8-12(14,9(2)15)10(13)11(16)17/h10H,3-8H2,1-2H3,(H,16,17). The van der Waals surface area contributed by atoms with Crippen molar-refractivity contribution >= 4 is 43.6 Å². The van der Waals surface area contributed by atoms with Crippen LogP contribution >= 0.6 is 31.9 Å². The zero-order valence-corrected chi connectivity index (χ0v) is 13.5. The summed E-state index contributed by atoms with van der Waals surface area (Å²) in [6.07, 6.45) is 5.94. The lowest BCUT2D eigenvalue weighted by molar-refractivity contribution is -0.138. The highest BCUT2D eigenvalue weighted by atomic mass is 79.9. The number of rotatable bonds is 9. The lowest BCUT2D eigenvalue weighted by Gasteiger charge is -2.27.